The average Bonchev–Trinajstić information content (AvgIpc) is 2.77. The summed E-state index contributed by atoms with van der Waals surface area (Å²) < 4.78 is 2.01. The molecular formula is C11H21N5. The van der Waals surface area contributed by atoms with Crippen LogP contribution in [-0.4, -0.2) is 38.8 Å². The molecule has 0 radical (unpaired) electrons. The van der Waals surface area contributed by atoms with Crippen molar-refractivity contribution >= 4 is 0 Å². The molecular weight excluding hydrogens is 202 g/mol. The largest absolute Gasteiger partial charge is 0.326 e. The molecule has 0 saturated carbocycles. The minimum atomic E-state index is 0.335. The van der Waals surface area contributed by atoms with Crippen LogP contribution >= 0.6 is 0 Å². The van der Waals surface area contributed by atoms with Crippen LogP contribution in [0.3, 0.4) is 0 Å². The number of hydrogen-bond donors (Lipinski definition) is 1. The van der Waals surface area contributed by atoms with E-state index in [9.17, 15) is 0 Å². The SMILES string of the molecule is CC(C)Cn1ncnc1CN1CC[C@H](N)C1. The Kier molecular flexibility index (Phi) is 3.56. The van der Waals surface area contributed by atoms with Gasteiger partial charge < -0.3 is 5.73 Å². The average molecular weight is 223 g/mol. The van der Waals surface area contributed by atoms with Crippen LogP contribution in [0.25, 0.3) is 0 Å². The van der Waals surface area contributed by atoms with Crippen molar-refractivity contribution in [1.29, 1.82) is 0 Å². The number of hydrogen-bond acceptors (Lipinski definition) is 4. The number of nitrogens with two attached hydrogens (primary N) is 1. The lowest BCUT2D eigenvalue weighted by atomic mass is 10.2. The van der Waals surface area contributed by atoms with E-state index in [1.165, 1.54) is 0 Å². The molecule has 1 atom stereocenters. The molecule has 0 aliphatic carbocycles. The molecule has 0 aromatic carbocycles. The van der Waals surface area contributed by atoms with E-state index >= 15 is 0 Å². The molecule has 5 nitrogen and oxygen atoms in total. The van der Waals surface area contributed by atoms with Gasteiger partial charge in [0.15, 0.2) is 0 Å². The Morgan fingerprint density at radius 2 is 2.38 bits per heavy atom. The second-order valence-electron chi connectivity index (χ2n) is 5.04. The van der Waals surface area contributed by atoms with Crippen molar-refractivity contribution in [3.8, 4) is 0 Å². The Bertz CT molecular complexity index is 333. The molecule has 2 rings (SSSR count). The van der Waals surface area contributed by atoms with Crippen molar-refractivity contribution in [3.05, 3.63) is 12.2 Å². The highest BCUT2D eigenvalue weighted by atomic mass is 15.4. The Hall–Kier alpha value is -0.940. The van der Waals surface area contributed by atoms with Crippen LogP contribution in [0, 0.1) is 5.92 Å². The van der Waals surface area contributed by atoms with E-state index in [0.29, 0.717) is 12.0 Å². The predicted molar refractivity (Wildman–Crippen MR) is 62.7 cm³/mol. The van der Waals surface area contributed by atoms with Gasteiger partial charge in [-0.2, -0.15) is 5.10 Å². The zero-order valence-corrected chi connectivity index (χ0v) is 10.1. The maximum atomic E-state index is 5.89. The van der Waals surface area contributed by atoms with Gasteiger partial charge in [-0.3, -0.25) is 4.90 Å². The number of rotatable bonds is 4. The van der Waals surface area contributed by atoms with E-state index in [4.69, 9.17) is 5.73 Å². The second kappa shape index (κ2) is 4.93. The summed E-state index contributed by atoms with van der Waals surface area (Å²) in [4.78, 5) is 6.68. The number of nitrogens with zero attached hydrogens (tertiary/aromatic N) is 4. The van der Waals surface area contributed by atoms with Gasteiger partial charge in [0.2, 0.25) is 0 Å². The minimum absolute atomic E-state index is 0.335. The summed E-state index contributed by atoms with van der Waals surface area (Å²) >= 11 is 0. The quantitative estimate of drug-likeness (QED) is 0.806. The standard InChI is InChI=1S/C11H21N5/c1-9(2)5-16-11(13-8-14-16)7-15-4-3-10(12)6-15/h8-10H,3-7,12H2,1-2H3/t10-/m0/s1. The van der Waals surface area contributed by atoms with E-state index in [1.54, 1.807) is 6.33 Å². The fourth-order valence-corrected chi connectivity index (χ4v) is 2.12. The zero-order valence-electron chi connectivity index (χ0n) is 10.1. The highest BCUT2D eigenvalue weighted by Crippen LogP contribution is 2.11. The Labute approximate surface area is 96.6 Å². The Balaban J connectivity index is 1.96. The fraction of sp³-hybridized carbons (Fsp3) is 0.818. The van der Waals surface area contributed by atoms with Crippen LogP contribution in [-0.2, 0) is 13.1 Å². The molecule has 1 aliphatic heterocycles. The Morgan fingerprint density at radius 3 is 3.00 bits per heavy atom. The first kappa shape index (κ1) is 11.5. The van der Waals surface area contributed by atoms with Crippen LogP contribution in [0.4, 0.5) is 0 Å². The molecule has 1 aromatic heterocycles. The lowest BCUT2D eigenvalue weighted by Crippen LogP contribution is -2.27. The van der Waals surface area contributed by atoms with Crippen LogP contribution in [0.15, 0.2) is 6.33 Å². The lowest BCUT2D eigenvalue weighted by molar-refractivity contribution is 0.305. The first-order valence-corrected chi connectivity index (χ1v) is 5.99. The van der Waals surface area contributed by atoms with Gasteiger partial charge in [0.1, 0.15) is 12.2 Å². The van der Waals surface area contributed by atoms with E-state index in [2.05, 4.69) is 28.8 Å². The first-order chi connectivity index (χ1) is 7.65. The van der Waals surface area contributed by atoms with Crippen LogP contribution in [0.1, 0.15) is 26.1 Å². The van der Waals surface area contributed by atoms with Gasteiger partial charge in [0.25, 0.3) is 0 Å². The third-order valence-corrected chi connectivity index (χ3v) is 2.91. The number of likely N-dealkylation sites (tertiary alicyclic amines) is 1. The smallest absolute Gasteiger partial charge is 0.141 e. The molecule has 2 N–H and O–H groups in total. The minimum Gasteiger partial charge on any atom is -0.326 e. The van der Waals surface area contributed by atoms with E-state index in [0.717, 1.165) is 38.4 Å². The van der Waals surface area contributed by atoms with Crippen molar-refractivity contribution in [3.63, 3.8) is 0 Å². The molecule has 0 unspecified atom stereocenters. The maximum Gasteiger partial charge on any atom is 0.141 e. The summed E-state index contributed by atoms with van der Waals surface area (Å²) in [5, 5.41) is 4.27. The molecule has 0 bridgehead atoms. The second-order valence-corrected chi connectivity index (χ2v) is 5.04. The topological polar surface area (TPSA) is 60.0 Å². The van der Waals surface area contributed by atoms with Crippen LogP contribution < -0.4 is 5.73 Å². The van der Waals surface area contributed by atoms with Crippen LogP contribution in [0.2, 0.25) is 0 Å². The van der Waals surface area contributed by atoms with Gasteiger partial charge in [0.05, 0.1) is 6.54 Å². The van der Waals surface area contributed by atoms with Crippen molar-refractivity contribution in [2.75, 3.05) is 13.1 Å². The highest BCUT2D eigenvalue weighted by Gasteiger charge is 2.20. The molecule has 16 heavy (non-hydrogen) atoms. The predicted octanol–water partition coefficient (Wildman–Crippen LogP) is 0.467. The summed E-state index contributed by atoms with van der Waals surface area (Å²) in [5.41, 5.74) is 5.89. The van der Waals surface area contributed by atoms with Gasteiger partial charge in [-0.15, -0.1) is 0 Å². The monoisotopic (exact) mass is 223 g/mol. The molecule has 0 spiro atoms. The molecule has 1 aromatic rings. The summed E-state index contributed by atoms with van der Waals surface area (Å²) in [6, 6.07) is 0.335. The Morgan fingerprint density at radius 1 is 1.56 bits per heavy atom. The molecule has 1 saturated heterocycles. The zero-order chi connectivity index (χ0) is 11.5. The van der Waals surface area contributed by atoms with E-state index < -0.39 is 0 Å². The van der Waals surface area contributed by atoms with Gasteiger partial charge in [-0.25, -0.2) is 9.67 Å². The number of aromatic nitrogens is 3. The molecule has 5 heteroatoms. The van der Waals surface area contributed by atoms with Crippen LogP contribution in [0.5, 0.6) is 0 Å². The third-order valence-electron chi connectivity index (χ3n) is 2.91. The van der Waals surface area contributed by atoms with Gasteiger partial charge in [-0.05, 0) is 12.3 Å². The third kappa shape index (κ3) is 2.80. The van der Waals surface area contributed by atoms with E-state index in [1.807, 2.05) is 4.68 Å². The van der Waals surface area contributed by atoms with Crippen molar-refractivity contribution < 1.29 is 0 Å². The van der Waals surface area contributed by atoms with Gasteiger partial charge in [-0.1, -0.05) is 13.8 Å². The summed E-state index contributed by atoms with van der Waals surface area (Å²) in [5.74, 6) is 1.66. The van der Waals surface area contributed by atoms with Crippen molar-refractivity contribution in [2.45, 2.75) is 39.4 Å². The maximum absolute atomic E-state index is 5.89. The molecule has 2 heterocycles. The summed E-state index contributed by atoms with van der Waals surface area (Å²) in [6.07, 6.45) is 2.74. The van der Waals surface area contributed by atoms with E-state index in [-0.39, 0.29) is 0 Å². The molecule has 0 amide bonds. The van der Waals surface area contributed by atoms with Crippen molar-refractivity contribution in [2.24, 2.45) is 11.7 Å². The van der Waals surface area contributed by atoms with Gasteiger partial charge in [0, 0.05) is 25.7 Å². The molecule has 1 aliphatic rings. The normalized spacial score (nSPS) is 22.1. The molecule has 90 valence electrons. The molecule has 1 fully saturated rings. The first-order valence-electron chi connectivity index (χ1n) is 5.99. The fourth-order valence-electron chi connectivity index (χ4n) is 2.12. The highest BCUT2D eigenvalue weighted by molar-refractivity contribution is 4.88. The lowest BCUT2D eigenvalue weighted by Gasteiger charge is -2.15. The summed E-state index contributed by atoms with van der Waals surface area (Å²) in [7, 11) is 0. The van der Waals surface area contributed by atoms with Crippen molar-refractivity contribution in [1.82, 2.24) is 19.7 Å². The van der Waals surface area contributed by atoms with Gasteiger partial charge >= 0.3 is 0 Å². The summed E-state index contributed by atoms with van der Waals surface area (Å²) in [6.45, 7) is 8.26.